The molecule has 0 fully saturated rings. The minimum Gasteiger partial charge on any atom is -0.481 e. The third-order valence-corrected chi connectivity index (χ3v) is 18.9. The molecule has 2 unspecified atom stereocenters. The predicted molar refractivity (Wildman–Crippen MR) is 369 cm³/mol. The van der Waals surface area contributed by atoms with E-state index < -0.39 is 182 Å². The molecule has 0 saturated carbocycles. The number of esters is 1. The van der Waals surface area contributed by atoms with Gasteiger partial charge in [0.15, 0.2) is 0 Å². The normalized spacial score (nSPS) is 15.6. The number of aliphatic carboxylic acids is 5. The summed E-state index contributed by atoms with van der Waals surface area (Å²) in [5.41, 5.74) is 7.43. The summed E-state index contributed by atoms with van der Waals surface area (Å²) in [6.07, 6.45) is -4.72. The van der Waals surface area contributed by atoms with Crippen LogP contribution in [0.25, 0.3) is 22.3 Å². The summed E-state index contributed by atoms with van der Waals surface area (Å²) < 4.78 is 17.9. The van der Waals surface area contributed by atoms with E-state index >= 15 is 0 Å². The Morgan fingerprint density at radius 1 is 0.635 bits per heavy atom. The van der Waals surface area contributed by atoms with Gasteiger partial charge in [0.25, 0.3) is 5.56 Å². The van der Waals surface area contributed by atoms with E-state index in [2.05, 4.69) is 37.2 Å². The Kier molecular flexibility index (Phi) is 29.4. The average molecular weight is 1480 g/mol. The largest absolute Gasteiger partial charge is 0.509 e. The van der Waals surface area contributed by atoms with Crippen LogP contribution in [0.4, 0.5) is 9.59 Å². The average Bonchev–Trinajstić information content (AvgIpc) is 1.46. The zero-order chi connectivity index (χ0) is 75.8. The molecule has 5 aromatic rings. The van der Waals surface area contributed by atoms with Gasteiger partial charge in [0.05, 0.1) is 48.1 Å². The van der Waals surface area contributed by atoms with E-state index in [4.69, 9.17) is 30.0 Å². The third kappa shape index (κ3) is 22.4. The van der Waals surface area contributed by atoms with Crippen LogP contribution in [0.3, 0.4) is 0 Å². The molecular formula is C67H78N12O23S2. The predicted octanol–water partition coefficient (Wildman–Crippen LogP) is 0.342. The van der Waals surface area contributed by atoms with E-state index in [1.807, 2.05) is 41.0 Å². The second-order valence-corrected chi connectivity index (χ2v) is 26.4. The number of carboxylic acids is 5. The zero-order valence-corrected chi connectivity index (χ0v) is 57.7. The fourth-order valence-electron chi connectivity index (χ4n) is 11.0. The van der Waals surface area contributed by atoms with E-state index in [0.29, 0.717) is 28.0 Å². The molecule has 2 aliphatic rings. The number of nitrogens with one attached hydrogen (secondary N) is 9. The van der Waals surface area contributed by atoms with Gasteiger partial charge < -0.3 is 92.6 Å². The van der Waals surface area contributed by atoms with E-state index in [-0.39, 0.29) is 74.7 Å². The Morgan fingerprint density at radius 3 is 1.80 bits per heavy atom. The lowest BCUT2D eigenvalue weighted by Crippen LogP contribution is -2.59. The quantitative estimate of drug-likeness (QED) is 0.0107. The first kappa shape index (κ1) is 80.1. The first-order valence-corrected chi connectivity index (χ1v) is 35.1. The number of urea groups is 1. The summed E-state index contributed by atoms with van der Waals surface area (Å²) in [5, 5.41) is 70.0. The second kappa shape index (κ2) is 38.2. The summed E-state index contributed by atoms with van der Waals surface area (Å²) in [6.45, 7) is 1.67. The van der Waals surface area contributed by atoms with Gasteiger partial charge in [-0.1, -0.05) is 114 Å². The van der Waals surface area contributed by atoms with E-state index in [1.54, 1.807) is 80.6 Å². The van der Waals surface area contributed by atoms with Crippen LogP contribution < -0.4 is 59.1 Å². The lowest BCUT2D eigenvalue weighted by Gasteiger charge is -2.35. The molecule has 0 spiro atoms. The Hall–Kier alpha value is -11.2. The summed E-state index contributed by atoms with van der Waals surface area (Å²) in [7, 11) is 1.91. The highest BCUT2D eigenvalue weighted by atomic mass is 33.1. The summed E-state index contributed by atoms with van der Waals surface area (Å²) in [5.74, 6) is -14.5. The molecule has 556 valence electrons. The molecule has 0 aliphatic carbocycles. The SMILES string of the molecule is CCC(NCNC(=O)CCC(NC(=O)N[C@@H](CCC(=O)O)C(=O)O)C(=O)O)C(=O)N[C@@H](Cc1ccccc1)C(=O)N[C@@H](Cc1ccccc1)C(=O)NC[C@H](N)C(=O)N[C@@H](CC(=O)O)C(=O)N[C@@H](CSSCCOC(=O)O[C@]1(CC)C(=O)OCc2c1cc1n(c2=O)Cc2cc3ccccc3nc2-1)C(=O)O. The minimum atomic E-state index is -2.06. The van der Waals surface area contributed by atoms with Crippen LogP contribution in [0.1, 0.15) is 86.6 Å². The highest BCUT2D eigenvalue weighted by Gasteiger charge is 2.51. The van der Waals surface area contributed by atoms with Crippen molar-refractivity contribution in [3.05, 3.63) is 135 Å². The number of fused-ring (bicyclic) bond motifs is 5. The van der Waals surface area contributed by atoms with Crippen molar-refractivity contribution in [3.8, 4) is 11.4 Å². The fraction of sp³-hybridized carbons (Fsp3) is 0.403. The fourth-order valence-corrected chi connectivity index (χ4v) is 13.0. The molecule has 4 heterocycles. The molecule has 16 N–H and O–H groups in total. The molecule has 9 atom stereocenters. The molecule has 104 heavy (non-hydrogen) atoms. The molecule has 2 aliphatic heterocycles. The number of amides is 8. The Morgan fingerprint density at radius 2 is 1.20 bits per heavy atom. The van der Waals surface area contributed by atoms with Gasteiger partial charge in [-0.05, 0) is 55.0 Å². The third-order valence-electron chi connectivity index (χ3n) is 16.5. The monoisotopic (exact) mass is 1480 g/mol. The number of ether oxygens (including phenoxy) is 3. The van der Waals surface area contributed by atoms with Crippen LogP contribution in [0.15, 0.2) is 102 Å². The maximum absolute atomic E-state index is 14.4. The number of nitrogens with two attached hydrogens (primary N) is 1. The number of pyridine rings is 2. The topological polar surface area (TPSA) is 537 Å². The molecule has 0 radical (unpaired) electrons. The maximum atomic E-state index is 14.4. The van der Waals surface area contributed by atoms with Crippen molar-refractivity contribution >= 4 is 116 Å². The molecule has 2 aromatic heterocycles. The molecule has 37 heteroatoms. The van der Waals surface area contributed by atoms with Crippen LogP contribution in [0.2, 0.25) is 0 Å². The van der Waals surface area contributed by atoms with Gasteiger partial charge >= 0.3 is 48.0 Å². The number of rotatable bonds is 40. The first-order chi connectivity index (χ1) is 49.6. The van der Waals surface area contributed by atoms with Crippen molar-refractivity contribution in [2.75, 3.05) is 31.3 Å². The van der Waals surface area contributed by atoms with Crippen LogP contribution in [-0.4, -0.2) is 198 Å². The van der Waals surface area contributed by atoms with Gasteiger partial charge in [0.1, 0.15) is 55.5 Å². The summed E-state index contributed by atoms with van der Waals surface area (Å²) in [4.78, 5) is 199. The Bertz CT molecular complexity index is 4100. The molecule has 35 nitrogen and oxygen atoms in total. The molecule has 7 rings (SSSR count). The van der Waals surface area contributed by atoms with E-state index in [1.165, 1.54) is 4.57 Å². The highest BCUT2D eigenvalue weighted by Crippen LogP contribution is 2.41. The molecular weight excluding hydrogens is 1400 g/mol. The molecule has 3 aromatic carbocycles. The second-order valence-electron chi connectivity index (χ2n) is 23.8. The summed E-state index contributed by atoms with van der Waals surface area (Å²) >= 11 is 0. The Balaban J connectivity index is 0.895. The van der Waals surface area contributed by atoms with Gasteiger partial charge in [0.2, 0.25) is 41.0 Å². The summed E-state index contributed by atoms with van der Waals surface area (Å²) in [6, 6.07) is 14.0. The number of carboxylic acid groups (broad SMARTS) is 5. The van der Waals surface area contributed by atoms with Crippen LogP contribution >= 0.6 is 21.6 Å². The number of para-hydroxylation sites is 1. The number of hydrogen-bond acceptors (Lipinski definition) is 23. The van der Waals surface area contributed by atoms with Crippen molar-refractivity contribution in [1.29, 1.82) is 0 Å². The van der Waals surface area contributed by atoms with Crippen LogP contribution in [0.5, 0.6) is 0 Å². The van der Waals surface area contributed by atoms with Gasteiger partial charge in [-0.2, -0.15) is 0 Å². The number of hydrogen-bond donors (Lipinski definition) is 15. The molecule has 0 bridgehead atoms. The van der Waals surface area contributed by atoms with Crippen molar-refractivity contribution in [2.24, 2.45) is 5.73 Å². The van der Waals surface area contributed by atoms with Crippen molar-refractivity contribution in [3.63, 3.8) is 0 Å². The smallest absolute Gasteiger partial charge is 0.481 e. The maximum Gasteiger partial charge on any atom is 0.509 e. The lowest BCUT2D eigenvalue weighted by molar-refractivity contribution is -0.175. The van der Waals surface area contributed by atoms with Gasteiger partial charge in [-0.15, -0.1) is 0 Å². The number of carbonyl (C=O) groups is 14. The van der Waals surface area contributed by atoms with E-state index in [0.717, 1.165) is 32.5 Å². The molecule has 0 saturated heterocycles. The molecule has 8 amide bonds. The number of benzene rings is 3. The van der Waals surface area contributed by atoms with Crippen LogP contribution in [-0.2, 0) is 103 Å². The van der Waals surface area contributed by atoms with Crippen molar-refractivity contribution in [1.82, 2.24) is 57.4 Å². The highest BCUT2D eigenvalue weighted by molar-refractivity contribution is 8.76. The van der Waals surface area contributed by atoms with Crippen molar-refractivity contribution in [2.45, 2.75) is 139 Å². The van der Waals surface area contributed by atoms with Gasteiger partial charge in [0, 0.05) is 60.2 Å². The number of cyclic esters (lactones) is 1. The zero-order valence-electron chi connectivity index (χ0n) is 56.0. The number of aromatic nitrogens is 2. The Labute approximate surface area is 600 Å². The van der Waals surface area contributed by atoms with Crippen LogP contribution in [0, 0.1) is 0 Å². The van der Waals surface area contributed by atoms with E-state index in [9.17, 15) is 92.3 Å². The van der Waals surface area contributed by atoms with Gasteiger partial charge in [-0.25, -0.2) is 33.8 Å². The first-order valence-electron chi connectivity index (χ1n) is 32.6. The van der Waals surface area contributed by atoms with Gasteiger partial charge in [-0.3, -0.25) is 48.5 Å². The standard InChI is InChI=1S/C67H78N12O23S2/c1-3-42(70-34-71-51(80)21-19-44(61(91)92)77-65(98)78-45(62(93)94)20-22-52(81)82)57(87)75-47(26-36-15-9-6-10-16-36)58(88)74-46(25-35-13-7-5-8-14-35)56(86)69-30-41(68)55(85)73-48(29-53(83)84)59(89)76-49(63(95)96)33-104-103-24-23-100-66(99)102-67(4-2)40-28-50-54-38(27-37-17-11-12-18-43(37)72-54)31-79(50)60(90)39(40)32-101-64(67)97/h5-18,27-28,41-42,44-49,70H,3-4,19-26,29-34,68H2,1-2H3,(H,69,86)(H,71,80)(H,73,85)(H,74,88)(H,75,87)(H,76,89)(H,81,82)(H,83,84)(H,91,92)(H,93,94)(H,95,96)(H2,77,78,98)/t41-,42?,44?,45-,46-,47-,48-,49-,67-/m0/s1. The minimum absolute atomic E-state index is 0.0110. The van der Waals surface area contributed by atoms with Crippen molar-refractivity contribution < 1.29 is 107 Å². The lowest BCUT2D eigenvalue weighted by atomic mass is 9.85. The number of nitrogens with zero attached hydrogens (tertiary/aromatic N) is 2. The number of carbonyl (C=O) groups excluding carboxylic acids is 9.